The Morgan fingerprint density at radius 3 is 2.48 bits per heavy atom. The predicted molar refractivity (Wildman–Crippen MR) is 87.7 cm³/mol. The average Bonchev–Trinajstić information content (AvgIpc) is 2.41. The molecule has 1 aromatic rings. The number of carbonyl (C=O) groups excluding carboxylic acids is 1. The zero-order valence-electron chi connectivity index (χ0n) is 12.1. The van der Waals surface area contributed by atoms with Crippen molar-refractivity contribution in [1.82, 2.24) is 5.32 Å². The van der Waals surface area contributed by atoms with Gasteiger partial charge in [0.2, 0.25) is 5.91 Å². The zero-order valence-corrected chi connectivity index (χ0v) is 14.4. The van der Waals surface area contributed by atoms with Gasteiger partial charge in [-0.25, -0.2) is 4.39 Å². The van der Waals surface area contributed by atoms with Crippen LogP contribution in [0.3, 0.4) is 0 Å². The van der Waals surface area contributed by atoms with Crippen molar-refractivity contribution in [2.24, 2.45) is 11.7 Å². The minimum atomic E-state index is -0.617. The Morgan fingerprint density at radius 1 is 1.38 bits per heavy atom. The second-order valence-corrected chi connectivity index (χ2v) is 5.68. The van der Waals surface area contributed by atoms with Gasteiger partial charge in [0, 0.05) is 10.6 Å². The first-order valence-corrected chi connectivity index (χ1v) is 7.24. The Bertz CT molecular complexity index is 499. The summed E-state index contributed by atoms with van der Waals surface area (Å²) in [6.45, 7) is 5.55. The van der Waals surface area contributed by atoms with Crippen LogP contribution in [0.4, 0.5) is 4.39 Å². The third kappa shape index (κ3) is 4.99. The normalized spacial score (nSPS) is 14.8. The number of nitrogens with two attached hydrogens (primary N) is 1. The van der Waals surface area contributed by atoms with Gasteiger partial charge in [0.1, 0.15) is 5.82 Å². The van der Waals surface area contributed by atoms with Gasteiger partial charge in [0.25, 0.3) is 0 Å². The van der Waals surface area contributed by atoms with Crippen molar-refractivity contribution < 1.29 is 9.18 Å². The molecule has 1 aromatic carbocycles. The van der Waals surface area contributed by atoms with Crippen LogP contribution in [0.15, 0.2) is 12.1 Å². The number of halogens is 4. The van der Waals surface area contributed by atoms with Crippen LogP contribution in [0.1, 0.15) is 38.8 Å². The molecule has 1 rings (SSSR count). The number of nitrogens with one attached hydrogen (secondary N) is 1. The molecule has 1 amide bonds. The summed E-state index contributed by atoms with van der Waals surface area (Å²) in [6.07, 6.45) is 0.796. The maximum absolute atomic E-state index is 13.5. The van der Waals surface area contributed by atoms with Gasteiger partial charge in [-0.3, -0.25) is 4.79 Å². The summed E-state index contributed by atoms with van der Waals surface area (Å²) in [5, 5.41) is 2.95. The molecule has 21 heavy (non-hydrogen) atoms. The van der Waals surface area contributed by atoms with E-state index in [0.29, 0.717) is 10.6 Å². The predicted octanol–water partition coefficient (Wildman–Crippen LogP) is 4.10. The molecule has 3 N–H and O–H groups in total. The topological polar surface area (TPSA) is 55.1 Å². The number of amides is 1. The zero-order chi connectivity index (χ0) is 15.4. The molecule has 0 heterocycles. The summed E-state index contributed by atoms with van der Waals surface area (Å²) in [5.74, 6) is -0.817. The van der Waals surface area contributed by atoms with Crippen molar-refractivity contribution in [3.05, 3.63) is 33.6 Å². The highest BCUT2D eigenvalue weighted by atomic mass is 35.5. The third-order valence-corrected chi connectivity index (χ3v) is 4.14. The molecule has 3 nitrogen and oxygen atoms in total. The summed E-state index contributed by atoms with van der Waals surface area (Å²) >= 11 is 11.9. The second-order valence-electron chi connectivity index (χ2n) is 4.90. The minimum Gasteiger partial charge on any atom is -0.348 e. The average molecular weight is 358 g/mol. The van der Waals surface area contributed by atoms with Crippen molar-refractivity contribution in [2.75, 3.05) is 0 Å². The van der Waals surface area contributed by atoms with Crippen molar-refractivity contribution in [1.29, 1.82) is 0 Å². The van der Waals surface area contributed by atoms with Gasteiger partial charge in [-0.05, 0) is 25.0 Å². The molecular formula is C14H20Cl3FN2O. The van der Waals surface area contributed by atoms with Crippen LogP contribution in [0, 0.1) is 11.7 Å². The molecule has 0 aliphatic carbocycles. The summed E-state index contributed by atoms with van der Waals surface area (Å²) in [6, 6.07) is 1.46. The minimum absolute atomic E-state index is 0. The summed E-state index contributed by atoms with van der Waals surface area (Å²) < 4.78 is 13.5. The monoisotopic (exact) mass is 356 g/mol. The van der Waals surface area contributed by atoms with Crippen molar-refractivity contribution >= 4 is 41.5 Å². The maximum atomic E-state index is 13.5. The molecule has 3 atom stereocenters. The van der Waals surface area contributed by atoms with Crippen LogP contribution in [-0.4, -0.2) is 11.9 Å². The molecular weight excluding hydrogens is 338 g/mol. The van der Waals surface area contributed by atoms with E-state index in [1.807, 2.05) is 13.8 Å². The highest BCUT2D eigenvalue weighted by Gasteiger charge is 2.24. The molecule has 0 aliphatic rings. The fraction of sp³-hybridized carbons (Fsp3) is 0.500. The largest absolute Gasteiger partial charge is 0.348 e. The van der Waals surface area contributed by atoms with E-state index in [1.165, 1.54) is 12.1 Å². The van der Waals surface area contributed by atoms with Gasteiger partial charge >= 0.3 is 0 Å². The second kappa shape index (κ2) is 8.79. The lowest BCUT2D eigenvalue weighted by molar-refractivity contribution is -0.124. The Balaban J connectivity index is 0.00000400. The van der Waals surface area contributed by atoms with Crippen LogP contribution in [0.5, 0.6) is 0 Å². The SMILES string of the molecule is CCC(C)C(N)C(=O)NC(C)c1c(Cl)ccc(F)c1Cl.Cl. The molecule has 0 saturated carbocycles. The van der Waals surface area contributed by atoms with Crippen LogP contribution in [-0.2, 0) is 4.79 Å². The quantitative estimate of drug-likeness (QED) is 0.779. The highest BCUT2D eigenvalue weighted by Crippen LogP contribution is 2.32. The molecule has 0 aliphatic heterocycles. The fourth-order valence-electron chi connectivity index (χ4n) is 1.83. The van der Waals surface area contributed by atoms with Crippen molar-refractivity contribution in [3.63, 3.8) is 0 Å². The molecule has 0 fully saturated rings. The lowest BCUT2D eigenvalue weighted by Gasteiger charge is -2.22. The lowest BCUT2D eigenvalue weighted by atomic mass is 9.98. The van der Waals surface area contributed by atoms with Crippen LogP contribution in [0.2, 0.25) is 10.0 Å². The van der Waals surface area contributed by atoms with E-state index < -0.39 is 17.9 Å². The number of carbonyl (C=O) groups is 1. The first-order chi connectivity index (χ1) is 9.29. The molecule has 3 unspecified atom stereocenters. The molecule has 0 radical (unpaired) electrons. The van der Waals surface area contributed by atoms with Gasteiger partial charge < -0.3 is 11.1 Å². The summed E-state index contributed by atoms with van der Waals surface area (Å²) in [7, 11) is 0. The first kappa shape index (κ1) is 20.5. The fourth-order valence-corrected chi connectivity index (χ4v) is 2.53. The Morgan fingerprint density at radius 2 is 1.95 bits per heavy atom. The summed E-state index contributed by atoms with van der Waals surface area (Å²) in [5.41, 5.74) is 6.21. The number of benzene rings is 1. The third-order valence-electron chi connectivity index (χ3n) is 3.43. The summed E-state index contributed by atoms with van der Waals surface area (Å²) in [4.78, 5) is 12.0. The van der Waals surface area contributed by atoms with Crippen molar-refractivity contribution in [3.8, 4) is 0 Å². The van der Waals surface area contributed by atoms with E-state index in [4.69, 9.17) is 28.9 Å². The number of hydrogen-bond acceptors (Lipinski definition) is 2. The van der Waals surface area contributed by atoms with Crippen molar-refractivity contribution in [2.45, 2.75) is 39.3 Å². The van der Waals surface area contributed by atoms with Gasteiger partial charge in [-0.15, -0.1) is 12.4 Å². The highest BCUT2D eigenvalue weighted by molar-refractivity contribution is 6.36. The molecule has 0 saturated heterocycles. The van der Waals surface area contributed by atoms with Gasteiger partial charge in [-0.1, -0.05) is 43.5 Å². The van der Waals surface area contributed by atoms with Crippen LogP contribution in [0.25, 0.3) is 0 Å². The van der Waals surface area contributed by atoms with Gasteiger partial charge in [0.15, 0.2) is 0 Å². The van der Waals surface area contributed by atoms with Crippen LogP contribution < -0.4 is 11.1 Å². The van der Waals surface area contributed by atoms with E-state index >= 15 is 0 Å². The molecule has 0 aromatic heterocycles. The molecule has 0 spiro atoms. The van der Waals surface area contributed by atoms with E-state index in [2.05, 4.69) is 5.32 Å². The van der Waals surface area contributed by atoms with Crippen LogP contribution >= 0.6 is 35.6 Å². The van der Waals surface area contributed by atoms with E-state index in [-0.39, 0.29) is 29.3 Å². The van der Waals surface area contributed by atoms with E-state index in [9.17, 15) is 9.18 Å². The Hall–Kier alpha value is -0.550. The number of rotatable bonds is 5. The van der Waals surface area contributed by atoms with E-state index in [1.54, 1.807) is 6.92 Å². The number of hydrogen-bond donors (Lipinski definition) is 2. The van der Waals surface area contributed by atoms with Gasteiger partial charge in [-0.2, -0.15) is 0 Å². The lowest BCUT2D eigenvalue weighted by Crippen LogP contribution is -2.45. The van der Waals surface area contributed by atoms with E-state index in [0.717, 1.165) is 6.42 Å². The first-order valence-electron chi connectivity index (χ1n) is 6.48. The maximum Gasteiger partial charge on any atom is 0.237 e. The molecule has 120 valence electrons. The smallest absolute Gasteiger partial charge is 0.237 e. The molecule has 0 bridgehead atoms. The Kier molecular flexibility index (Phi) is 8.56. The Labute approximate surface area is 140 Å². The molecule has 7 heteroatoms. The van der Waals surface area contributed by atoms with Gasteiger partial charge in [0.05, 0.1) is 17.1 Å². The standard InChI is InChI=1S/C14H19Cl2FN2O.ClH/c1-4-7(2)13(18)14(20)19-8(3)11-9(15)5-6-10(17)12(11)16;/h5-8,13H,4,18H2,1-3H3,(H,19,20);1H.